The summed E-state index contributed by atoms with van der Waals surface area (Å²) in [5.74, 6) is 0.303. The smallest absolute Gasteiger partial charge is 0.328 e. The largest absolute Gasteiger partial charge is 0.488 e. The summed E-state index contributed by atoms with van der Waals surface area (Å²) in [6.45, 7) is 2.50. The average molecular weight is 527 g/mol. The molecule has 1 aliphatic rings. The second kappa shape index (κ2) is 8.22. The maximum atomic E-state index is 12.3. The summed E-state index contributed by atoms with van der Waals surface area (Å²) in [6.07, 6.45) is 1.64. The number of rotatable bonds is 5. The molecule has 2 aromatic rings. The third-order valence-corrected chi connectivity index (χ3v) is 5.07. The molecule has 0 atom stereocenters. The maximum absolute atomic E-state index is 12.3. The monoisotopic (exact) mass is 526 g/mol. The van der Waals surface area contributed by atoms with E-state index in [9.17, 15) is 9.59 Å². The second-order valence-corrected chi connectivity index (χ2v) is 7.80. The molecular weight excluding hydrogens is 511 g/mol. The zero-order chi connectivity index (χ0) is 18.7. The first-order valence-corrected chi connectivity index (χ1v) is 9.86. The van der Waals surface area contributed by atoms with E-state index < -0.39 is 6.03 Å². The number of carbonyl (C=O) groups is 2. The average Bonchev–Trinajstić information content (AvgIpc) is 2.88. The number of nitrogens with one attached hydrogen (secondary N) is 1. The quantitative estimate of drug-likeness (QED) is 0.353. The van der Waals surface area contributed by atoms with Crippen molar-refractivity contribution in [2.24, 2.45) is 0 Å². The highest BCUT2D eigenvalue weighted by Crippen LogP contribution is 2.27. The lowest BCUT2D eigenvalue weighted by atomic mass is 10.1. The lowest BCUT2D eigenvalue weighted by Gasteiger charge is -2.11. The summed E-state index contributed by atoms with van der Waals surface area (Å²) < 4.78 is 7.96. The van der Waals surface area contributed by atoms with Gasteiger partial charge in [-0.05, 0) is 71.5 Å². The molecule has 1 aliphatic heterocycles. The molecule has 134 valence electrons. The van der Waals surface area contributed by atoms with Crippen molar-refractivity contribution < 1.29 is 14.3 Å². The molecule has 0 aromatic heterocycles. The van der Waals surface area contributed by atoms with E-state index >= 15 is 0 Å². The topological polar surface area (TPSA) is 58.6 Å². The summed E-state index contributed by atoms with van der Waals surface area (Å²) in [5.41, 5.74) is 2.01. The Kier molecular flexibility index (Phi) is 5.98. The van der Waals surface area contributed by atoms with Gasteiger partial charge in [-0.15, -0.1) is 0 Å². The van der Waals surface area contributed by atoms with E-state index in [1.54, 1.807) is 13.0 Å². The molecule has 3 amide bonds. The number of hydrogen-bond acceptors (Lipinski definition) is 3. The van der Waals surface area contributed by atoms with Crippen LogP contribution in [0.15, 0.2) is 52.6 Å². The molecule has 0 saturated carbocycles. The van der Waals surface area contributed by atoms with Crippen LogP contribution in [0.1, 0.15) is 18.1 Å². The van der Waals surface area contributed by atoms with Crippen LogP contribution in [-0.4, -0.2) is 23.4 Å². The van der Waals surface area contributed by atoms with E-state index in [0.717, 1.165) is 18.5 Å². The molecule has 1 saturated heterocycles. The molecule has 1 heterocycles. The highest BCUT2D eigenvalue weighted by Gasteiger charge is 2.32. The number of ether oxygens (including phenoxy) is 1. The maximum Gasteiger partial charge on any atom is 0.328 e. The van der Waals surface area contributed by atoms with Crippen LogP contribution >= 0.6 is 38.5 Å². The van der Waals surface area contributed by atoms with E-state index in [4.69, 9.17) is 4.74 Å². The number of hydrogen-bond donors (Lipinski definition) is 1. The molecular formula is C19H16BrIN2O3. The molecule has 0 radical (unpaired) electrons. The fourth-order valence-electron chi connectivity index (χ4n) is 2.52. The van der Waals surface area contributed by atoms with Crippen LogP contribution in [0.2, 0.25) is 0 Å². The van der Waals surface area contributed by atoms with Gasteiger partial charge in [0.05, 0.1) is 0 Å². The van der Waals surface area contributed by atoms with Gasteiger partial charge in [-0.1, -0.05) is 28.1 Å². The summed E-state index contributed by atoms with van der Waals surface area (Å²) >= 11 is 5.69. The van der Waals surface area contributed by atoms with Gasteiger partial charge in [0.15, 0.2) is 0 Å². The number of imide groups is 1. The summed E-state index contributed by atoms with van der Waals surface area (Å²) in [6, 6.07) is 13.2. The Morgan fingerprint density at radius 1 is 1.19 bits per heavy atom. The van der Waals surface area contributed by atoms with Crippen molar-refractivity contribution in [1.29, 1.82) is 0 Å². The number of nitrogens with zero attached hydrogens (tertiary/aromatic N) is 1. The minimum absolute atomic E-state index is 0.245. The van der Waals surface area contributed by atoms with Gasteiger partial charge in [0.2, 0.25) is 0 Å². The Morgan fingerprint density at radius 2 is 1.92 bits per heavy atom. The normalized spacial score (nSPS) is 15.5. The number of halogens is 2. The summed E-state index contributed by atoms with van der Waals surface area (Å²) in [5, 5.41) is 2.61. The van der Waals surface area contributed by atoms with Crippen molar-refractivity contribution >= 4 is 56.5 Å². The molecule has 0 spiro atoms. The van der Waals surface area contributed by atoms with Gasteiger partial charge >= 0.3 is 6.03 Å². The van der Waals surface area contributed by atoms with Crippen molar-refractivity contribution in [2.45, 2.75) is 13.5 Å². The number of amides is 3. The Morgan fingerprint density at radius 3 is 2.58 bits per heavy atom. The van der Waals surface area contributed by atoms with Crippen molar-refractivity contribution in [3.63, 3.8) is 0 Å². The third kappa shape index (κ3) is 4.27. The fraction of sp³-hybridized carbons (Fsp3) is 0.158. The molecule has 5 nitrogen and oxygen atoms in total. The highest BCUT2D eigenvalue weighted by molar-refractivity contribution is 14.1. The van der Waals surface area contributed by atoms with E-state index in [2.05, 4.69) is 43.8 Å². The molecule has 7 heteroatoms. The molecule has 2 aromatic carbocycles. The molecule has 0 aliphatic carbocycles. The number of urea groups is 1. The van der Waals surface area contributed by atoms with Gasteiger partial charge in [-0.25, -0.2) is 4.79 Å². The zero-order valence-electron chi connectivity index (χ0n) is 14.0. The van der Waals surface area contributed by atoms with Crippen LogP contribution in [0.25, 0.3) is 6.08 Å². The lowest BCUT2D eigenvalue weighted by Crippen LogP contribution is -2.30. The zero-order valence-corrected chi connectivity index (χ0v) is 17.7. The van der Waals surface area contributed by atoms with Gasteiger partial charge in [-0.3, -0.25) is 9.69 Å². The Balaban J connectivity index is 1.84. The van der Waals surface area contributed by atoms with E-state index in [0.29, 0.717) is 24.5 Å². The SMILES string of the molecule is CCN1C(=O)N/C(=C/c2cc(Br)ccc2OCc2ccc(I)cc2)C1=O. The Labute approximate surface area is 173 Å². The predicted octanol–water partition coefficient (Wildman–Crippen LogP) is 4.55. The van der Waals surface area contributed by atoms with Gasteiger partial charge in [0, 0.05) is 20.2 Å². The Bertz CT molecular complexity index is 881. The van der Waals surface area contributed by atoms with Gasteiger partial charge < -0.3 is 10.1 Å². The van der Waals surface area contributed by atoms with Crippen molar-refractivity contribution in [3.8, 4) is 5.75 Å². The Hall–Kier alpha value is -1.87. The predicted molar refractivity (Wildman–Crippen MR) is 112 cm³/mol. The van der Waals surface area contributed by atoms with E-state index in [1.807, 2.05) is 42.5 Å². The van der Waals surface area contributed by atoms with Gasteiger partial charge in [-0.2, -0.15) is 0 Å². The fourth-order valence-corrected chi connectivity index (χ4v) is 3.26. The summed E-state index contributed by atoms with van der Waals surface area (Å²) in [4.78, 5) is 25.3. The molecule has 26 heavy (non-hydrogen) atoms. The van der Waals surface area contributed by atoms with E-state index in [-0.39, 0.29) is 11.6 Å². The molecule has 1 N–H and O–H groups in total. The first-order valence-electron chi connectivity index (χ1n) is 7.99. The van der Waals surface area contributed by atoms with Crippen molar-refractivity contribution in [2.75, 3.05) is 6.54 Å². The molecule has 0 bridgehead atoms. The first-order chi connectivity index (χ1) is 12.5. The van der Waals surface area contributed by atoms with Crippen LogP contribution in [0, 0.1) is 3.57 Å². The molecule has 1 fully saturated rings. The van der Waals surface area contributed by atoms with Crippen LogP contribution in [0.5, 0.6) is 5.75 Å². The van der Waals surface area contributed by atoms with Gasteiger partial charge in [0.25, 0.3) is 5.91 Å². The van der Waals surface area contributed by atoms with Crippen LogP contribution in [0.4, 0.5) is 4.79 Å². The first kappa shape index (κ1) is 18.9. The minimum Gasteiger partial charge on any atom is -0.488 e. The highest BCUT2D eigenvalue weighted by atomic mass is 127. The standard InChI is InChI=1S/C19H16BrIN2O3/c1-2-23-18(24)16(22-19(23)25)10-13-9-14(20)5-8-17(13)26-11-12-3-6-15(21)7-4-12/h3-10H,2,11H2,1H3,(H,22,25)/b16-10+. The van der Waals surface area contributed by atoms with E-state index in [1.165, 1.54) is 0 Å². The second-order valence-electron chi connectivity index (χ2n) is 5.63. The summed E-state index contributed by atoms with van der Waals surface area (Å²) in [7, 11) is 0. The van der Waals surface area contributed by atoms with Crippen molar-refractivity contribution in [1.82, 2.24) is 10.2 Å². The van der Waals surface area contributed by atoms with Crippen LogP contribution in [0.3, 0.4) is 0 Å². The van der Waals surface area contributed by atoms with Crippen LogP contribution in [-0.2, 0) is 11.4 Å². The molecule has 0 unspecified atom stereocenters. The van der Waals surface area contributed by atoms with Crippen molar-refractivity contribution in [3.05, 3.63) is 67.3 Å². The van der Waals surface area contributed by atoms with Crippen LogP contribution < -0.4 is 10.1 Å². The molecule has 3 rings (SSSR count). The minimum atomic E-state index is -0.403. The lowest BCUT2D eigenvalue weighted by molar-refractivity contribution is -0.122. The number of likely N-dealkylation sites (N-methyl/N-ethyl adjacent to an activating group) is 1. The van der Waals surface area contributed by atoms with Gasteiger partial charge in [0.1, 0.15) is 18.1 Å². The number of benzene rings is 2. The third-order valence-electron chi connectivity index (χ3n) is 3.86. The number of carbonyl (C=O) groups excluding carboxylic acids is 2.